The summed E-state index contributed by atoms with van der Waals surface area (Å²) in [7, 11) is 1.29. The summed E-state index contributed by atoms with van der Waals surface area (Å²) in [5, 5.41) is 20.3. The van der Waals surface area contributed by atoms with E-state index in [1.165, 1.54) is 7.11 Å². The Morgan fingerprint density at radius 1 is 1.44 bits per heavy atom. The van der Waals surface area contributed by atoms with Crippen molar-refractivity contribution in [3.8, 4) is 0 Å². The van der Waals surface area contributed by atoms with Crippen LogP contribution in [0.25, 0.3) is 0 Å². The van der Waals surface area contributed by atoms with Crippen LogP contribution in [0, 0.1) is 5.92 Å². The quantitative estimate of drug-likeness (QED) is 0.619. The molecule has 3 N–H and O–H groups in total. The SMILES string of the molecule is COC(CNC(=O)N1CCC(CO)CC1)C(=O)O. The highest BCUT2D eigenvalue weighted by Gasteiger charge is 2.23. The molecule has 104 valence electrons. The molecule has 0 aromatic rings. The van der Waals surface area contributed by atoms with Gasteiger partial charge in [-0.25, -0.2) is 9.59 Å². The second-order valence-corrected chi connectivity index (χ2v) is 4.36. The monoisotopic (exact) mass is 260 g/mol. The summed E-state index contributed by atoms with van der Waals surface area (Å²) >= 11 is 0. The van der Waals surface area contributed by atoms with Crippen LogP contribution in [0.5, 0.6) is 0 Å². The third-order valence-corrected chi connectivity index (χ3v) is 3.16. The number of urea groups is 1. The molecule has 1 aliphatic rings. The van der Waals surface area contributed by atoms with Gasteiger partial charge in [0.1, 0.15) is 0 Å². The van der Waals surface area contributed by atoms with Gasteiger partial charge in [0, 0.05) is 26.8 Å². The minimum Gasteiger partial charge on any atom is -0.479 e. The highest BCUT2D eigenvalue weighted by Crippen LogP contribution is 2.16. The summed E-state index contributed by atoms with van der Waals surface area (Å²) in [6, 6.07) is -0.283. The van der Waals surface area contributed by atoms with Crippen LogP contribution in [-0.2, 0) is 9.53 Å². The average Bonchev–Trinajstić information content (AvgIpc) is 2.39. The number of aliphatic carboxylic acids is 1. The number of carbonyl (C=O) groups is 2. The van der Waals surface area contributed by atoms with Gasteiger partial charge >= 0.3 is 12.0 Å². The van der Waals surface area contributed by atoms with Crippen molar-refractivity contribution >= 4 is 12.0 Å². The van der Waals surface area contributed by atoms with E-state index in [-0.39, 0.29) is 25.1 Å². The van der Waals surface area contributed by atoms with E-state index in [1.54, 1.807) is 4.90 Å². The predicted octanol–water partition coefficient (Wildman–Crippen LogP) is -0.500. The lowest BCUT2D eigenvalue weighted by Gasteiger charge is -2.31. The molecule has 0 spiro atoms. The van der Waals surface area contributed by atoms with Crippen LogP contribution in [0.15, 0.2) is 0 Å². The lowest BCUT2D eigenvalue weighted by atomic mass is 9.98. The number of nitrogens with zero attached hydrogens (tertiary/aromatic N) is 1. The molecule has 7 nitrogen and oxygen atoms in total. The molecule has 1 aliphatic heterocycles. The lowest BCUT2D eigenvalue weighted by Crippen LogP contribution is -2.48. The number of amides is 2. The van der Waals surface area contributed by atoms with Gasteiger partial charge in [0.25, 0.3) is 0 Å². The number of carboxylic acids is 1. The maximum Gasteiger partial charge on any atom is 0.334 e. The third kappa shape index (κ3) is 4.15. The first-order valence-electron chi connectivity index (χ1n) is 5.97. The molecule has 7 heteroatoms. The number of ether oxygens (including phenoxy) is 1. The number of likely N-dealkylation sites (tertiary alicyclic amines) is 1. The van der Waals surface area contributed by atoms with Gasteiger partial charge in [0.2, 0.25) is 0 Å². The molecule has 0 aromatic heterocycles. The zero-order valence-corrected chi connectivity index (χ0v) is 10.5. The topological polar surface area (TPSA) is 99.1 Å². The van der Waals surface area contributed by atoms with Crippen molar-refractivity contribution in [1.29, 1.82) is 0 Å². The van der Waals surface area contributed by atoms with E-state index in [1.807, 2.05) is 0 Å². The molecule has 0 aromatic carbocycles. The van der Waals surface area contributed by atoms with Gasteiger partial charge in [-0.1, -0.05) is 0 Å². The maximum atomic E-state index is 11.7. The number of rotatable bonds is 5. The summed E-state index contributed by atoms with van der Waals surface area (Å²) < 4.78 is 4.72. The number of nitrogens with one attached hydrogen (secondary N) is 1. The molecule has 0 aliphatic carbocycles. The second-order valence-electron chi connectivity index (χ2n) is 4.36. The number of aliphatic hydroxyl groups excluding tert-OH is 1. The zero-order valence-electron chi connectivity index (χ0n) is 10.5. The summed E-state index contributed by atoms with van der Waals surface area (Å²) in [4.78, 5) is 24.0. The van der Waals surface area contributed by atoms with E-state index in [0.717, 1.165) is 12.8 Å². The molecular weight excluding hydrogens is 240 g/mol. The number of carbonyl (C=O) groups excluding carboxylic acids is 1. The molecule has 1 heterocycles. The van der Waals surface area contributed by atoms with E-state index in [2.05, 4.69) is 5.32 Å². The molecule has 1 unspecified atom stereocenters. The van der Waals surface area contributed by atoms with Gasteiger partial charge in [-0.3, -0.25) is 0 Å². The van der Waals surface area contributed by atoms with Crippen molar-refractivity contribution in [2.45, 2.75) is 18.9 Å². The molecule has 1 saturated heterocycles. The number of piperidine rings is 1. The number of methoxy groups -OCH3 is 1. The first-order valence-corrected chi connectivity index (χ1v) is 5.97. The standard InChI is InChI=1S/C11H20N2O5/c1-18-9(10(15)16)6-12-11(17)13-4-2-8(7-14)3-5-13/h8-9,14H,2-7H2,1H3,(H,12,17)(H,15,16). The number of hydrogen-bond acceptors (Lipinski definition) is 4. The number of hydrogen-bond donors (Lipinski definition) is 3. The Kier molecular flexibility index (Phi) is 5.87. The molecule has 0 bridgehead atoms. The maximum absolute atomic E-state index is 11.7. The van der Waals surface area contributed by atoms with Crippen molar-refractivity contribution in [3.63, 3.8) is 0 Å². The van der Waals surface area contributed by atoms with Crippen molar-refractivity contribution in [2.75, 3.05) is 33.4 Å². The Morgan fingerprint density at radius 2 is 2.06 bits per heavy atom. The Labute approximate surface area is 106 Å². The Morgan fingerprint density at radius 3 is 2.50 bits per heavy atom. The van der Waals surface area contributed by atoms with Gasteiger partial charge in [0.15, 0.2) is 6.10 Å². The van der Waals surface area contributed by atoms with E-state index in [9.17, 15) is 9.59 Å². The van der Waals surface area contributed by atoms with Crippen molar-refractivity contribution < 1.29 is 24.5 Å². The fourth-order valence-corrected chi connectivity index (χ4v) is 1.88. The van der Waals surface area contributed by atoms with Gasteiger partial charge in [-0.15, -0.1) is 0 Å². The summed E-state index contributed by atoms with van der Waals surface area (Å²) in [5.41, 5.74) is 0. The van der Waals surface area contributed by atoms with Crippen LogP contribution in [0.1, 0.15) is 12.8 Å². The van der Waals surface area contributed by atoms with Crippen LogP contribution in [-0.4, -0.2) is 66.6 Å². The molecule has 1 atom stereocenters. The fourth-order valence-electron chi connectivity index (χ4n) is 1.88. The van der Waals surface area contributed by atoms with Gasteiger partial charge in [0.05, 0.1) is 6.54 Å². The van der Waals surface area contributed by atoms with Crippen molar-refractivity contribution in [2.24, 2.45) is 5.92 Å². The third-order valence-electron chi connectivity index (χ3n) is 3.16. The molecule has 0 saturated carbocycles. The van der Waals surface area contributed by atoms with Crippen molar-refractivity contribution in [1.82, 2.24) is 10.2 Å². The van der Waals surface area contributed by atoms with Gasteiger partial charge < -0.3 is 25.2 Å². The van der Waals surface area contributed by atoms with E-state index >= 15 is 0 Å². The van der Waals surface area contributed by atoms with Gasteiger partial charge in [-0.05, 0) is 18.8 Å². The molecule has 1 rings (SSSR count). The molecule has 0 radical (unpaired) electrons. The first-order chi connectivity index (χ1) is 8.58. The van der Waals surface area contributed by atoms with E-state index in [4.69, 9.17) is 14.9 Å². The first kappa shape index (κ1) is 14.7. The Hall–Kier alpha value is -1.34. The number of carboxylic acid groups (broad SMARTS) is 1. The summed E-state index contributed by atoms with van der Waals surface area (Å²) in [6.45, 7) is 1.27. The second kappa shape index (κ2) is 7.17. The highest BCUT2D eigenvalue weighted by molar-refractivity contribution is 5.77. The normalized spacial score (nSPS) is 18.4. The Bertz CT molecular complexity index is 289. The lowest BCUT2D eigenvalue weighted by molar-refractivity contribution is -0.148. The zero-order chi connectivity index (χ0) is 13.5. The van der Waals surface area contributed by atoms with Gasteiger partial charge in [-0.2, -0.15) is 0 Å². The van der Waals surface area contributed by atoms with Crippen LogP contribution in [0.2, 0.25) is 0 Å². The van der Waals surface area contributed by atoms with Crippen LogP contribution in [0.4, 0.5) is 4.79 Å². The summed E-state index contributed by atoms with van der Waals surface area (Å²) in [5.74, 6) is -0.836. The highest BCUT2D eigenvalue weighted by atomic mass is 16.5. The predicted molar refractivity (Wildman–Crippen MR) is 63.2 cm³/mol. The fraction of sp³-hybridized carbons (Fsp3) is 0.818. The van der Waals surface area contributed by atoms with Crippen LogP contribution in [0.3, 0.4) is 0 Å². The molecule has 1 fully saturated rings. The van der Waals surface area contributed by atoms with Crippen molar-refractivity contribution in [3.05, 3.63) is 0 Å². The minimum absolute atomic E-state index is 0.0510. The molecular formula is C11H20N2O5. The molecule has 2 amide bonds. The van der Waals surface area contributed by atoms with Crippen LogP contribution < -0.4 is 5.32 Å². The smallest absolute Gasteiger partial charge is 0.334 e. The molecule has 18 heavy (non-hydrogen) atoms. The van der Waals surface area contributed by atoms with Crippen LogP contribution >= 0.6 is 0 Å². The van der Waals surface area contributed by atoms with E-state index < -0.39 is 12.1 Å². The Balaban J connectivity index is 2.31. The van der Waals surface area contributed by atoms with E-state index in [0.29, 0.717) is 13.1 Å². The number of aliphatic hydroxyl groups is 1. The average molecular weight is 260 g/mol. The summed E-state index contributed by atoms with van der Waals surface area (Å²) in [6.07, 6.45) is 0.525. The largest absolute Gasteiger partial charge is 0.479 e. The minimum atomic E-state index is -1.10.